The molecule has 0 aliphatic carbocycles. The Labute approximate surface area is 121 Å². The number of rotatable bonds is 7. The third-order valence-electron chi connectivity index (χ3n) is 3.36. The van der Waals surface area contributed by atoms with Crippen LogP contribution < -0.4 is 5.32 Å². The highest BCUT2D eigenvalue weighted by Crippen LogP contribution is 2.11. The van der Waals surface area contributed by atoms with Gasteiger partial charge in [-0.1, -0.05) is 30.3 Å². The third kappa shape index (κ3) is 5.03. The van der Waals surface area contributed by atoms with Gasteiger partial charge < -0.3 is 10.2 Å². The molecule has 4 nitrogen and oxygen atoms in total. The van der Waals surface area contributed by atoms with Crippen molar-refractivity contribution < 1.29 is 9.59 Å². The van der Waals surface area contributed by atoms with Gasteiger partial charge in [0.2, 0.25) is 11.8 Å². The Bertz CT molecular complexity index is 427. The topological polar surface area (TPSA) is 49.4 Å². The molecule has 0 bridgehead atoms. The number of nitrogens with one attached hydrogen (secondary N) is 1. The maximum Gasteiger partial charge on any atom is 0.223 e. The lowest BCUT2D eigenvalue weighted by molar-refractivity contribution is -0.133. The van der Waals surface area contributed by atoms with Gasteiger partial charge in [-0.2, -0.15) is 0 Å². The Kier molecular flexibility index (Phi) is 6.77. The lowest BCUT2D eigenvalue weighted by Gasteiger charge is -2.19. The first-order valence-electron chi connectivity index (χ1n) is 7.20. The summed E-state index contributed by atoms with van der Waals surface area (Å²) in [5.74, 6) is -0.0422. The summed E-state index contributed by atoms with van der Waals surface area (Å²) in [5.41, 5.74) is 1.07. The highest BCUT2D eigenvalue weighted by atomic mass is 16.2. The van der Waals surface area contributed by atoms with Crippen molar-refractivity contribution in [3.8, 4) is 0 Å². The van der Waals surface area contributed by atoms with Gasteiger partial charge in [0.05, 0.1) is 6.04 Å². The molecular weight excluding hydrogens is 252 g/mol. The van der Waals surface area contributed by atoms with Gasteiger partial charge in [-0.3, -0.25) is 9.59 Å². The van der Waals surface area contributed by atoms with Gasteiger partial charge in [-0.25, -0.2) is 0 Å². The molecule has 0 saturated heterocycles. The summed E-state index contributed by atoms with van der Waals surface area (Å²) in [5, 5.41) is 2.92. The van der Waals surface area contributed by atoms with E-state index in [2.05, 4.69) is 5.32 Å². The number of carbonyl (C=O) groups excluding carboxylic acids is 2. The zero-order valence-corrected chi connectivity index (χ0v) is 12.6. The molecule has 4 heteroatoms. The second kappa shape index (κ2) is 8.35. The molecule has 0 aliphatic heterocycles. The van der Waals surface area contributed by atoms with Crippen molar-refractivity contribution in [3.63, 3.8) is 0 Å². The summed E-state index contributed by atoms with van der Waals surface area (Å²) in [7, 11) is 0. The zero-order chi connectivity index (χ0) is 15.0. The molecule has 0 aliphatic rings. The predicted octanol–water partition coefficient (Wildman–Crippen LogP) is 2.51. The van der Waals surface area contributed by atoms with Crippen LogP contribution in [-0.2, 0) is 9.59 Å². The highest BCUT2D eigenvalue weighted by molar-refractivity contribution is 5.83. The third-order valence-corrected chi connectivity index (χ3v) is 3.36. The van der Waals surface area contributed by atoms with Gasteiger partial charge >= 0.3 is 0 Å². The minimum atomic E-state index is -0.0816. The SMILES string of the molecule is CCN(CC)C(=O)CCC(=O)NC(C)c1ccccc1. The fourth-order valence-corrected chi connectivity index (χ4v) is 2.09. The predicted molar refractivity (Wildman–Crippen MR) is 80.2 cm³/mol. The van der Waals surface area contributed by atoms with Crippen molar-refractivity contribution in [1.82, 2.24) is 10.2 Å². The fraction of sp³-hybridized carbons (Fsp3) is 0.500. The largest absolute Gasteiger partial charge is 0.350 e. The Morgan fingerprint density at radius 1 is 1.10 bits per heavy atom. The monoisotopic (exact) mass is 276 g/mol. The van der Waals surface area contributed by atoms with Gasteiger partial charge in [0.25, 0.3) is 0 Å². The van der Waals surface area contributed by atoms with E-state index < -0.39 is 0 Å². The lowest BCUT2D eigenvalue weighted by atomic mass is 10.1. The van der Waals surface area contributed by atoms with Crippen molar-refractivity contribution >= 4 is 11.8 Å². The summed E-state index contributed by atoms with van der Waals surface area (Å²) in [4.78, 5) is 25.4. The summed E-state index contributed by atoms with van der Waals surface area (Å²) in [6.07, 6.45) is 0.515. The van der Waals surface area contributed by atoms with Crippen molar-refractivity contribution in [3.05, 3.63) is 35.9 Å². The van der Waals surface area contributed by atoms with Crippen LogP contribution in [0.3, 0.4) is 0 Å². The molecule has 1 aromatic carbocycles. The van der Waals surface area contributed by atoms with Gasteiger partial charge in [-0.05, 0) is 26.3 Å². The number of benzene rings is 1. The maximum absolute atomic E-state index is 11.8. The van der Waals surface area contributed by atoms with E-state index in [0.29, 0.717) is 13.1 Å². The summed E-state index contributed by atoms with van der Waals surface area (Å²) in [6.45, 7) is 7.21. The molecule has 1 aromatic rings. The normalized spacial score (nSPS) is 11.8. The Hall–Kier alpha value is -1.84. The molecular formula is C16H24N2O2. The van der Waals surface area contributed by atoms with Crippen molar-refractivity contribution in [2.24, 2.45) is 0 Å². The van der Waals surface area contributed by atoms with E-state index in [4.69, 9.17) is 0 Å². The first-order chi connectivity index (χ1) is 9.58. The van der Waals surface area contributed by atoms with Gasteiger partial charge in [0, 0.05) is 25.9 Å². The molecule has 0 aromatic heterocycles. The quantitative estimate of drug-likeness (QED) is 0.832. The van der Waals surface area contributed by atoms with Crippen LogP contribution in [0.5, 0.6) is 0 Å². The van der Waals surface area contributed by atoms with Crippen LogP contribution in [0.2, 0.25) is 0 Å². The van der Waals surface area contributed by atoms with Crippen LogP contribution in [0.4, 0.5) is 0 Å². The summed E-state index contributed by atoms with van der Waals surface area (Å²) >= 11 is 0. The molecule has 1 rings (SSSR count). The van der Waals surface area contributed by atoms with Crippen LogP contribution in [0.15, 0.2) is 30.3 Å². The van der Waals surface area contributed by atoms with Crippen LogP contribution in [0, 0.1) is 0 Å². The summed E-state index contributed by atoms with van der Waals surface area (Å²) in [6, 6.07) is 9.76. The van der Waals surface area contributed by atoms with Gasteiger partial charge in [0.1, 0.15) is 0 Å². The van der Waals surface area contributed by atoms with Crippen molar-refractivity contribution in [2.45, 2.75) is 39.7 Å². The average Bonchev–Trinajstić information content (AvgIpc) is 2.47. The van der Waals surface area contributed by atoms with Gasteiger partial charge in [0.15, 0.2) is 0 Å². The molecule has 1 unspecified atom stereocenters. The average molecular weight is 276 g/mol. The molecule has 0 saturated carbocycles. The van der Waals surface area contributed by atoms with Crippen LogP contribution in [0.1, 0.15) is 45.2 Å². The Morgan fingerprint density at radius 2 is 1.70 bits per heavy atom. The fourth-order valence-electron chi connectivity index (χ4n) is 2.09. The van der Waals surface area contributed by atoms with Crippen molar-refractivity contribution in [2.75, 3.05) is 13.1 Å². The number of nitrogens with zero attached hydrogens (tertiary/aromatic N) is 1. The molecule has 2 amide bonds. The second-order valence-corrected chi connectivity index (χ2v) is 4.77. The molecule has 1 N–H and O–H groups in total. The first kappa shape index (κ1) is 16.2. The van der Waals surface area contributed by atoms with E-state index in [1.54, 1.807) is 4.90 Å². The van der Waals surface area contributed by atoms with E-state index >= 15 is 0 Å². The Morgan fingerprint density at radius 3 is 2.25 bits per heavy atom. The van der Waals surface area contributed by atoms with Gasteiger partial charge in [-0.15, -0.1) is 0 Å². The molecule has 110 valence electrons. The molecule has 0 fully saturated rings. The highest BCUT2D eigenvalue weighted by Gasteiger charge is 2.13. The number of carbonyl (C=O) groups is 2. The lowest BCUT2D eigenvalue weighted by Crippen LogP contribution is -2.32. The Balaban J connectivity index is 2.39. The second-order valence-electron chi connectivity index (χ2n) is 4.77. The van der Waals surface area contributed by atoms with E-state index in [9.17, 15) is 9.59 Å². The number of hydrogen-bond donors (Lipinski definition) is 1. The maximum atomic E-state index is 11.8. The smallest absolute Gasteiger partial charge is 0.223 e. The first-order valence-corrected chi connectivity index (χ1v) is 7.20. The molecule has 20 heavy (non-hydrogen) atoms. The number of hydrogen-bond acceptors (Lipinski definition) is 2. The molecule has 1 atom stereocenters. The van der Waals surface area contributed by atoms with Crippen LogP contribution in [0.25, 0.3) is 0 Å². The van der Waals surface area contributed by atoms with E-state index in [0.717, 1.165) is 5.56 Å². The standard InChI is InChI=1S/C16H24N2O2/c1-4-18(5-2)16(20)12-11-15(19)17-13(3)14-9-7-6-8-10-14/h6-10,13H,4-5,11-12H2,1-3H3,(H,17,19). The minimum Gasteiger partial charge on any atom is -0.350 e. The van der Waals surface area contributed by atoms with Crippen molar-refractivity contribution in [1.29, 1.82) is 0 Å². The zero-order valence-electron chi connectivity index (χ0n) is 12.6. The van der Waals surface area contributed by atoms with Crippen LogP contribution in [-0.4, -0.2) is 29.8 Å². The molecule has 0 heterocycles. The van der Waals surface area contributed by atoms with E-state index in [-0.39, 0.29) is 30.7 Å². The minimum absolute atomic E-state index is 0.0349. The van der Waals surface area contributed by atoms with Crippen LogP contribution >= 0.6 is 0 Å². The summed E-state index contributed by atoms with van der Waals surface area (Å²) < 4.78 is 0. The number of amides is 2. The van der Waals surface area contributed by atoms with E-state index in [1.807, 2.05) is 51.1 Å². The molecule has 0 spiro atoms. The molecule has 0 radical (unpaired) electrons. The van der Waals surface area contributed by atoms with E-state index in [1.165, 1.54) is 0 Å².